The van der Waals surface area contributed by atoms with E-state index in [2.05, 4.69) is 5.32 Å². The molecule has 3 nitrogen and oxygen atoms in total. The Morgan fingerprint density at radius 2 is 2.00 bits per heavy atom. The van der Waals surface area contributed by atoms with E-state index in [1.54, 1.807) is 7.11 Å². The quantitative estimate of drug-likeness (QED) is 0.853. The summed E-state index contributed by atoms with van der Waals surface area (Å²) >= 11 is 0. The van der Waals surface area contributed by atoms with Crippen LogP contribution in [0, 0.1) is 0 Å². The molecule has 0 radical (unpaired) electrons. The minimum atomic E-state index is 0.0314. The smallest absolute Gasteiger partial charge is 0.119 e. The third-order valence-electron chi connectivity index (χ3n) is 3.64. The Bertz CT molecular complexity index is 570. The minimum Gasteiger partial charge on any atom is -0.508 e. The first kappa shape index (κ1) is 11.9. The number of dihydropyridines is 1. The Labute approximate surface area is 112 Å². The molecule has 0 saturated heterocycles. The molecule has 1 aliphatic heterocycles. The van der Waals surface area contributed by atoms with E-state index in [0.29, 0.717) is 5.76 Å². The van der Waals surface area contributed by atoms with Crippen LogP contribution in [-0.4, -0.2) is 18.3 Å². The minimum absolute atomic E-state index is 0.0314. The largest absolute Gasteiger partial charge is 0.508 e. The van der Waals surface area contributed by atoms with Crippen LogP contribution in [0.1, 0.15) is 18.4 Å². The van der Waals surface area contributed by atoms with Gasteiger partial charge in [-0.1, -0.05) is 30.3 Å². The van der Waals surface area contributed by atoms with Crippen LogP contribution in [0.3, 0.4) is 0 Å². The van der Waals surface area contributed by atoms with E-state index in [9.17, 15) is 5.11 Å². The van der Waals surface area contributed by atoms with Gasteiger partial charge in [-0.05, 0) is 23.6 Å². The van der Waals surface area contributed by atoms with Crippen LogP contribution in [0.5, 0.6) is 0 Å². The van der Waals surface area contributed by atoms with E-state index in [-0.39, 0.29) is 6.04 Å². The summed E-state index contributed by atoms with van der Waals surface area (Å²) in [6, 6.07) is 10.1. The molecule has 0 amide bonds. The van der Waals surface area contributed by atoms with Crippen molar-refractivity contribution in [1.82, 2.24) is 5.32 Å². The number of nitrogens with one attached hydrogen (secondary N) is 1. The molecule has 2 N–H and O–H groups in total. The summed E-state index contributed by atoms with van der Waals surface area (Å²) in [6.45, 7) is 0. The number of aliphatic hydroxyl groups is 1. The lowest BCUT2D eigenvalue weighted by molar-refractivity contribution is 0.267. The summed E-state index contributed by atoms with van der Waals surface area (Å²) in [6.07, 6.45) is 5.54. The topological polar surface area (TPSA) is 41.5 Å². The van der Waals surface area contributed by atoms with Gasteiger partial charge < -0.3 is 15.2 Å². The first-order valence-corrected chi connectivity index (χ1v) is 6.48. The third-order valence-corrected chi connectivity index (χ3v) is 3.64. The SMILES string of the molecule is COC1=CC2NC(c3ccccc3)=CC(O)=C2CC1. The highest BCUT2D eigenvalue weighted by molar-refractivity contribution is 5.69. The van der Waals surface area contributed by atoms with Crippen LogP contribution in [0.15, 0.2) is 59.6 Å². The van der Waals surface area contributed by atoms with Crippen molar-refractivity contribution < 1.29 is 9.84 Å². The second kappa shape index (κ2) is 4.84. The van der Waals surface area contributed by atoms with Gasteiger partial charge in [-0.2, -0.15) is 0 Å². The highest BCUT2D eigenvalue weighted by Gasteiger charge is 2.26. The number of allylic oxidation sites excluding steroid dienone is 2. The lowest BCUT2D eigenvalue weighted by Crippen LogP contribution is -2.34. The molecule has 2 aliphatic rings. The van der Waals surface area contributed by atoms with E-state index in [4.69, 9.17) is 4.74 Å². The molecule has 1 aromatic rings. The number of fused-ring (bicyclic) bond motifs is 1. The summed E-state index contributed by atoms with van der Waals surface area (Å²) in [4.78, 5) is 0. The highest BCUT2D eigenvalue weighted by atomic mass is 16.5. The Hall–Kier alpha value is -2.16. The maximum Gasteiger partial charge on any atom is 0.119 e. The molecule has 3 heteroatoms. The Morgan fingerprint density at radius 1 is 1.21 bits per heavy atom. The number of ether oxygens (including phenoxy) is 1. The first-order chi connectivity index (χ1) is 9.28. The molecule has 0 aromatic heterocycles. The number of aliphatic hydroxyl groups excluding tert-OH is 1. The molecule has 0 fully saturated rings. The molecule has 1 heterocycles. The normalized spacial score (nSPS) is 22.1. The lowest BCUT2D eigenvalue weighted by atomic mass is 9.90. The van der Waals surface area contributed by atoms with E-state index in [1.807, 2.05) is 42.5 Å². The zero-order valence-corrected chi connectivity index (χ0v) is 10.9. The highest BCUT2D eigenvalue weighted by Crippen LogP contribution is 2.31. The molecule has 0 saturated carbocycles. The number of hydrogen-bond acceptors (Lipinski definition) is 3. The molecule has 0 bridgehead atoms. The van der Waals surface area contributed by atoms with Gasteiger partial charge in [0.05, 0.1) is 18.9 Å². The second-order valence-corrected chi connectivity index (χ2v) is 4.79. The number of methoxy groups -OCH3 is 1. The van der Waals surface area contributed by atoms with E-state index in [0.717, 1.165) is 35.4 Å². The Morgan fingerprint density at radius 3 is 2.74 bits per heavy atom. The van der Waals surface area contributed by atoms with Crippen molar-refractivity contribution in [2.24, 2.45) is 0 Å². The van der Waals surface area contributed by atoms with Crippen molar-refractivity contribution in [1.29, 1.82) is 0 Å². The number of hydrogen-bond donors (Lipinski definition) is 2. The Balaban J connectivity index is 1.96. The molecule has 19 heavy (non-hydrogen) atoms. The first-order valence-electron chi connectivity index (χ1n) is 6.48. The van der Waals surface area contributed by atoms with Crippen LogP contribution < -0.4 is 5.32 Å². The monoisotopic (exact) mass is 255 g/mol. The molecule has 1 unspecified atom stereocenters. The molecule has 98 valence electrons. The number of benzene rings is 1. The van der Waals surface area contributed by atoms with Gasteiger partial charge in [0.15, 0.2) is 0 Å². The predicted octanol–water partition coefficient (Wildman–Crippen LogP) is 3.14. The van der Waals surface area contributed by atoms with Gasteiger partial charge >= 0.3 is 0 Å². The average Bonchev–Trinajstić information content (AvgIpc) is 2.47. The summed E-state index contributed by atoms with van der Waals surface area (Å²) in [7, 11) is 1.69. The van der Waals surface area contributed by atoms with Gasteiger partial charge in [0.2, 0.25) is 0 Å². The van der Waals surface area contributed by atoms with Crippen LogP contribution >= 0.6 is 0 Å². The van der Waals surface area contributed by atoms with E-state index < -0.39 is 0 Å². The zero-order valence-electron chi connectivity index (χ0n) is 10.9. The van der Waals surface area contributed by atoms with Crippen molar-refractivity contribution >= 4 is 5.70 Å². The van der Waals surface area contributed by atoms with Crippen LogP contribution in [-0.2, 0) is 4.74 Å². The molecule has 1 aliphatic carbocycles. The van der Waals surface area contributed by atoms with Gasteiger partial charge in [0, 0.05) is 18.2 Å². The fourth-order valence-corrected chi connectivity index (χ4v) is 2.59. The summed E-state index contributed by atoms with van der Waals surface area (Å²) in [5.41, 5.74) is 3.06. The van der Waals surface area contributed by atoms with Crippen molar-refractivity contribution in [3.05, 3.63) is 65.1 Å². The van der Waals surface area contributed by atoms with E-state index in [1.165, 1.54) is 0 Å². The van der Waals surface area contributed by atoms with Crippen LogP contribution in [0.4, 0.5) is 0 Å². The third kappa shape index (κ3) is 2.24. The van der Waals surface area contributed by atoms with Crippen LogP contribution in [0.25, 0.3) is 5.70 Å². The van der Waals surface area contributed by atoms with Gasteiger partial charge in [0.25, 0.3) is 0 Å². The summed E-state index contributed by atoms with van der Waals surface area (Å²) in [5, 5.41) is 13.6. The van der Waals surface area contributed by atoms with Crippen molar-refractivity contribution in [3.63, 3.8) is 0 Å². The fourth-order valence-electron chi connectivity index (χ4n) is 2.59. The Kier molecular flexibility index (Phi) is 3.03. The second-order valence-electron chi connectivity index (χ2n) is 4.79. The average molecular weight is 255 g/mol. The van der Waals surface area contributed by atoms with Crippen LogP contribution in [0.2, 0.25) is 0 Å². The van der Waals surface area contributed by atoms with Crippen molar-refractivity contribution in [2.45, 2.75) is 18.9 Å². The molecule has 1 aromatic carbocycles. The fraction of sp³-hybridized carbons (Fsp3) is 0.250. The van der Waals surface area contributed by atoms with Gasteiger partial charge in [-0.3, -0.25) is 0 Å². The van der Waals surface area contributed by atoms with Gasteiger partial charge in [-0.25, -0.2) is 0 Å². The molecule has 1 atom stereocenters. The summed E-state index contributed by atoms with van der Waals surface area (Å²) in [5.74, 6) is 1.36. The van der Waals surface area contributed by atoms with Gasteiger partial charge in [0.1, 0.15) is 5.76 Å². The van der Waals surface area contributed by atoms with Gasteiger partial charge in [-0.15, -0.1) is 0 Å². The molecule has 0 spiro atoms. The summed E-state index contributed by atoms with van der Waals surface area (Å²) < 4.78 is 5.31. The van der Waals surface area contributed by atoms with E-state index >= 15 is 0 Å². The molecule has 3 rings (SSSR count). The zero-order chi connectivity index (χ0) is 13.2. The van der Waals surface area contributed by atoms with Crippen molar-refractivity contribution in [2.75, 3.05) is 7.11 Å². The predicted molar refractivity (Wildman–Crippen MR) is 75.3 cm³/mol. The maximum atomic E-state index is 10.2. The molecular weight excluding hydrogens is 238 g/mol. The molecular formula is C16H17NO2. The lowest BCUT2D eigenvalue weighted by Gasteiger charge is -2.30. The number of rotatable bonds is 2. The maximum absolute atomic E-state index is 10.2. The standard InChI is InChI=1S/C16H17NO2/c1-19-12-7-8-13-15(9-12)17-14(10-16(13)18)11-5-3-2-4-6-11/h2-6,9-10,15,17-18H,7-8H2,1H3. The van der Waals surface area contributed by atoms with Crippen molar-refractivity contribution in [3.8, 4) is 0 Å².